The van der Waals surface area contributed by atoms with Crippen LogP contribution in [0.3, 0.4) is 0 Å². The van der Waals surface area contributed by atoms with Gasteiger partial charge in [-0.2, -0.15) is 11.8 Å². The first-order chi connectivity index (χ1) is 7.57. The molecule has 1 aromatic heterocycles. The highest BCUT2D eigenvalue weighted by Crippen LogP contribution is 2.27. The van der Waals surface area contributed by atoms with E-state index >= 15 is 0 Å². The molecule has 0 aliphatic carbocycles. The van der Waals surface area contributed by atoms with Crippen LogP contribution in [-0.2, 0) is 0 Å². The Bertz CT molecular complexity index is 357. The molecule has 4 nitrogen and oxygen atoms in total. The van der Waals surface area contributed by atoms with E-state index in [-0.39, 0.29) is 0 Å². The van der Waals surface area contributed by atoms with Gasteiger partial charge in [0, 0.05) is 23.7 Å². The summed E-state index contributed by atoms with van der Waals surface area (Å²) >= 11 is 1.79. The number of nitrogens with one attached hydrogen (secondary N) is 1. The summed E-state index contributed by atoms with van der Waals surface area (Å²) < 4.78 is 0. The maximum absolute atomic E-state index is 10.2. The number of aliphatic hydroxyl groups is 1. The Balaban J connectivity index is 1.98. The Morgan fingerprint density at radius 2 is 2.12 bits per heavy atom. The molecule has 2 heterocycles. The third-order valence-corrected chi connectivity index (χ3v) is 3.87. The molecule has 0 bridgehead atoms. The van der Waals surface area contributed by atoms with Crippen molar-refractivity contribution in [2.45, 2.75) is 25.9 Å². The fraction of sp³-hybridized carbons (Fsp3) is 0.636. The molecule has 1 aromatic rings. The van der Waals surface area contributed by atoms with Crippen LogP contribution in [0.1, 0.15) is 17.8 Å². The Kier molecular flexibility index (Phi) is 3.35. The lowest BCUT2D eigenvalue weighted by atomic mass is 10.0. The predicted molar refractivity (Wildman–Crippen MR) is 66.9 cm³/mol. The van der Waals surface area contributed by atoms with Gasteiger partial charge in [-0.25, -0.2) is 9.97 Å². The number of nitrogens with zero attached hydrogens (tertiary/aromatic N) is 2. The van der Waals surface area contributed by atoms with Crippen LogP contribution < -0.4 is 5.32 Å². The van der Waals surface area contributed by atoms with Gasteiger partial charge < -0.3 is 10.4 Å². The molecule has 1 aliphatic heterocycles. The number of anilines is 1. The van der Waals surface area contributed by atoms with E-state index in [1.165, 1.54) is 0 Å². The van der Waals surface area contributed by atoms with E-state index in [1.54, 1.807) is 11.8 Å². The Labute approximate surface area is 99.9 Å². The van der Waals surface area contributed by atoms with Gasteiger partial charge in [0.2, 0.25) is 5.95 Å². The molecule has 0 amide bonds. The first-order valence-corrected chi connectivity index (χ1v) is 6.59. The van der Waals surface area contributed by atoms with Crippen LogP contribution in [0.25, 0.3) is 0 Å². The van der Waals surface area contributed by atoms with Crippen LogP contribution in [0.15, 0.2) is 6.07 Å². The minimum atomic E-state index is -0.592. The SMILES string of the molecule is Cc1cc(C)nc(NCC2(O)CCSC2)n1. The van der Waals surface area contributed by atoms with Crippen molar-refractivity contribution in [2.24, 2.45) is 0 Å². The maximum atomic E-state index is 10.2. The van der Waals surface area contributed by atoms with Crippen LogP contribution in [0.4, 0.5) is 5.95 Å². The van der Waals surface area contributed by atoms with Crippen molar-refractivity contribution in [1.29, 1.82) is 0 Å². The van der Waals surface area contributed by atoms with E-state index in [9.17, 15) is 5.11 Å². The molecule has 1 atom stereocenters. The number of hydrogen-bond acceptors (Lipinski definition) is 5. The van der Waals surface area contributed by atoms with E-state index in [1.807, 2.05) is 19.9 Å². The smallest absolute Gasteiger partial charge is 0.223 e. The number of aryl methyl sites for hydroxylation is 2. The molecule has 1 unspecified atom stereocenters. The van der Waals surface area contributed by atoms with Crippen molar-refractivity contribution in [3.63, 3.8) is 0 Å². The molecule has 0 spiro atoms. The lowest BCUT2D eigenvalue weighted by Gasteiger charge is -2.21. The van der Waals surface area contributed by atoms with Crippen LogP contribution in [0.5, 0.6) is 0 Å². The summed E-state index contributed by atoms with van der Waals surface area (Å²) in [5.41, 5.74) is 1.30. The van der Waals surface area contributed by atoms with Gasteiger partial charge in [0.15, 0.2) is 0 Å². The lowest BCUT2D eigenvalue weighted by molar-refractivity contribution is 0.0818. The summed E-state index contributed by atoms with van der Waals surface area (Å²) in [6.07, 6.45) is 0.843. The molecule has 5 heteroatoms. The van der Waals surface area contributed by atoms with Gasteiger partial charge in [-0.15, -0.1) is 0 Å². The Hall–Kier alpha value is -0.810. The zero-order valence-corrected chi connectivity index (χ0v) is 10.5. The van der Waals surface area contributed by atoms with Gasteiger partial charge in [0.1, 0.15) is 0 Å². The van der Waals surface area contributed by atoms with Crippen LogP contribution in [-0.4, -0.2) is 38.7 Å². The van der Waals surface area contributed by atoms with Gasteiger partial charge in [0.05, 0.1) is 5.60 Å². The zero-order valence-electron chi connectivity index (χ0n) is 9.66. The van der Waals surface area contributed by atoms with Gasteiger partial charge in [-0.05, 0) is 32.1 Å². The number of thioether (sulfide) groups is 1. The normalized spacial score (nSPS) is 24.7. The van der Waals surface area contributed by atoms with Crippen LogP contribution in [0.2, 0.25) is 0 Å². The maximum Gasteiger partial charge on any atom is 0.223 e. The van der Waals surface area contributed by atoms with E-state index < -0.39 is 5.60 Å². The van der Waals surface area contributed by atoms with E-state index in [0.717, 1.165) is 29.3 Å². The predicted octanol–water partition coefficient (Wildman–Crippen LogP) is 1.37. The first-order valence-electron chi connectivity index (χ1n) is 5.44. The van der Waals surface area contributed by atoms with Crippen molar-refractivity contribution < 1.29 is 5.11 Å². The summed E-state index contributed by atoms with van der Waals surface area (Å²) in [5.74, 6) is 2.44. The zero-order chi connectivity index (χ0) is 11.6. The van der Waals surface area contributed by atoms with Crippen LogP contribution in [0, 0.1) is 13.8 Å². The molecule has 1 saturated heterocycles. The molecule has 2 N–H and O–H groups in total. The second kappa shape index (κ2) is 4.59. The summed E-state index contributed by atoms with van der Waals surface area (Å²) in [6.45, 7) is 4.42. The largest absolute Gasteiger partial charge is 0.387 e. The Morgan fingerprint density at radius 1 is 1.44 bits per heavy atom. The molecular formula is C11H17N3OS. The quantitative estimate of drug-likeness (QED) is 0.834. The minimum absolute atomic E-state index is 0.531. The number of aromatic nitrogens is 2. The average Bonchev–Trinajstić information content (AvgIpc) is 2.62. The second-order valence-electron chi connectivity index (χ2n) is 4.35. The molecule has 0 saturated carbocycles. The topological polar surface area (TPSA) is 58.0 Å². The summed E-state index contributed by atoms with van der Waals surface area (Å²) in [6, 6.07) is 1.94. The minimum Gasteiger partial charge on any atom is -0.387 e. The highest BCUT2D eigenvalue weighted by Gasteiger charge is 2.31. The van der Waals surface area contributed by atoms with Crippen molar-refractivity contribution in [2.75, 3.05) is 23.4 Å². The van der Waals surface area contributed by atoms with Gasteiger partial charge in [0.25, 0.3) is 0 Å². The molecule has 0 radical (unpaired) electrons. The fourth-order valence-electron chi connectivity index (χ4n) is 1.78. The van der Waals surface area contributed by atoms with Crippen molar-refractivity contribution in [3.8, 4) is 0 Å². The fourth-order valence-corrected chi connectivity index (χ4v) is 3.08. The van der Waals surface area contributed by atoms with E-state index in [2.05, 4.69) is 15.3 Å². The summed E-state index contributed by atoms with van der Waals surface area (Å²) in [4.78, 5) is 8.57. The molecule has 1 fully saturated rings. The van der Waals surface area contributed by atoms with Crippen molar-refractivity contribution >= 4 is 17.7 Å². The molecule has 1 aliphatic rings. The van der Waals surface area contributed by atoms with Crippen LogP contribution >= 0.6 is 11.8 Å². The summed E-state index contributed by atoms with van der Waals surface area (Å²) in [5, 5.41) is 13.3. The number of hydrogen-bond donors (Lipinski definition) is 2. The molecular weight excluding hydrogens is 222 g/mol. The van der Waals surface area contributed by atoms with Gasteiger partial charge >= 0.3 is 0 Å². The second-order valence-corrected chi connectivity index (χ2v) is 5.46. The molecule has 88 valence electrons. The number of rotatable bonds is 3. The standard InChI is InChI=1S/C11H17N3OS/c1-8-5-9(2)14-10(13-8)12-6-11(15)3-4-16-7-11/h5,15H,3-4,6-7H2,1-2H3,(H,12,13,14). The van der Waals surface area contributed by atoms with Gasteiger partial charge in [-0.3, -0.25) is 0 Å². The molecule has 0 aromatic carbocycles. The van der Waals surface area contributed by atoms with E-state index in [4.69, 9.17) is 0 Å². The average molecular weight is 239 g/mol. The molecule has 2 rings (SSSR count). The lowest BCUT2D eigenvalue weighted by Crippen LogP contribution is -2.37. The Morgan fingerprint density at radius 3 is 2.69 bits per heavy atom. The summed E-state index contributed by atoms with van der Waals surface area (Å²) in [7, 11) is 0. The van der Waals surface area contributed by atoms with E-state index in [0.29, 0.717) is 12.5 Å². The third-order valence-electron chi connectivity index (χ3n) is 2.64. The first kappa shape index (κ1) is 11.7. The highest BCUT2D eigenvalue weighted by atomic mass is 32.2. The monoisotopic (exact) mass is 239 g/mol. The van der Waals surface area contributed by atoms with Crippen molar-refractivity contribution in [1.82, 2.24) is 9.97 Å². The third kappa shape index (κ3) is 2.86. The molecule has 16 heavy (non-hydrogen) atoms. The van der Waals surface area contributed by atoms with Gasteiger partial charge in [-0.1, -0.05) is 0 Å². The van der Waals surface area contributed by atoms with Crippen molar-refractivity contribution in [3.05, 3.63) is 17.5 Å². The highest BCUT2D eigenvalue weighted by molar-refractivity contribution is 7.99.